The maximum Gasteiger partial charge on any atom is 0.119 e. The molecule has 100 valence electrons. The van der Waals surface area contributed by atoms with Gasteiger partial charge in [-0.15, -0.1) is 0 Å². The van der Waals surface area contributed by atoms with Gasteiger partial charge in [0.15, 0.2) is 0 Å². The molecule has 1 aromatic rings. The molecule has 0 saturated heterocycles. The van der Waals surface area contributed by atoms with Crippen LogP contribution in [0.2, 0.25) is 0 Å². The van der Waals surface area contributed by atoms with Crippen molar-refractivity contribution in [3.8, 4) is 5.75 Å². The van der Waals surface area contributed by atoms with Crippen LogP contribution in [0.4, 0.5) is 0 Å². The highest BCUT2D eigenvalue weighted by molar-refractivity contribution is 9.09. The van der Waals surface area contributed by atoms with E-state index >= 15 is 0 Å². The van der Waals surface area contributed by atoms with E-state index in [0.29, 0.717) is 10.2 Å². The van der Waals surface area contributed by atoms with Gasteiger partial charge in [-0.05, 0) is 54.9 Å². The fourth-order valence-electron chi connectivity index (χ4n) is 3.25. The van der Waals surface area contributed by atoms with Crippen LogP contribution in [-0.2, 0) is 0 Å². The number of ether oxygens (including phenoxy) is 1. The second-order valence-corrected chi connectivity index (χ2v) is 6.42. The summed E-state index contributed by atoms with van der Waals surface area (Å²) in [6.07, 6.45) is 6.72. The van der Waals surface area contributed by atoms with E-state index in [-0.39, 0.29) is 0 Å². The largest absolute Gasteiger partial charge is 0.497 e. The quantitative estimate of drug-likeness (QED) is 0.676. The van der Waals surface area contributed by atoms with Crippen LogP contribution in [-0.4, -0.2) is 7.11 Å². The molecule has 1 saturated carbocycles. The van der Waals surface area contributed by atoms with E-state index in [1.165, 1.54) is 43.2 Å². The molecule has 0 radical (unpaired) electrons. The summed E-state index contributed by atoms with van der Waals surface area (Å²) in [6.45, 7) is 4.52. The lowest BCUT2D eigenvalue weighted by Crippen LogP contribution is -2.21. The number of hydrogen-bond donors (Lipinski definition) is 0. The minimum atomic E-state index is 0.458. The molecule has 1 aliphatic carbocycles. The number of benzene rings is 1. The third kappa shape index (κ3) is 2.45. The summed E-state index contributed by atoms with van der Waals surface area (Å²) in [4.78, 5) is 0.475. The predicted molar refractivity (Wildman–Crippen MR) is 80.6 cm³/mol. The monoisotopic (exact) mass is 310 g/mol. The highest BCUT2D eigenvalue weighted by atomic mass is 79.9. The average Bonchev–Trinajstić information content (AvgIpc) is 2.87. The topological polar surface area (TPSA) is 9.23 Å². The van der Waals surface area contributed by atoms with Gasteiger partial charge in [-0.3, -0.25) is 0 Å². The molecular formula is C16H23BrO. The van der Waals surface area contributed by atoms with E-state index in [1.54, 1.807) is 7.11 Å². The zero-order chi connectivity index (χ0) is 13.2. The second-order valence-electron chi connectivity index (χ2n) is 5.51. The van der Waals surface area contributed by atoms with E-state index in [9.17, 15) is 0 Å². The number of alkyl halides is 1. The predicted octanol–water partition coefficient (Wildman–Crippen LogP) is 5.41. The van der Waals surface area contributed by atoms with Gasteiger partial charge in [0.05, 0.1) is 7.11 Å². The van der Waals surface area contributed by atoms with Crippen molar-refractivity contribution < 1.29 is 4.74 Å². The van der Waals surface area contributed by atoms with Gasteiger partial charge in [-0.2, -0.15) is 0 Å². The Balaban J connectivity index is 2.30. The van der Waals surface area contributed by atoms with Crippen molar-refractivity contribution in [2.75, 3.05) is 7.11 Å². The lowest BCUT2D eigenvalue weighted by Gasteiger charge is -2.34. The number of halogens is 1. The Hall–Kier alpha value is -0.500. The molecule has 1 nitrogen and oxygen atoms in total. The molecule has 1 aromatic carbocycles. The van der Waals surface area contributed by atoms with Crippen molar-refractivity contribution in [3.05, 3.63) is 29.3 Å². The SMILES string of the molecule is CCC1(C(Br)c2ccc(OC)cc2C)CCCC1. The Morgan fingerprint density at radius 1 is 1.33 bits per heavy atom. The normalized spacial score (nSPS) is 19.8. The van der Waals surface area contributed by atoms with E-state index in [1.807, 2.05) is 0 Å². The van der Waals surface area contributed by atoms with E-state index in [2.05, 4.69) is 48.0 Å². The van der Waals surface area contributed by atoms with Crippen molar-refractivity contribution in [1.29, 1.82) is 0 Å². The lowest BCUT2D eigenvalue weighted by molar-refractivity contribution is 0.279. The van der Waals surface area contributed by atoms with Crippen LogP contribution in [0.5, 0.6) is 5.75 Å². The van der Waals surface area contributed by atoms with Crippen LogP contribution in [0.15, 0.2) is 18.2 Å². The maximum atomic E-state index is 5.29. The van der Waals surface area contributed by atoms with Crippen LogP contribution in [0.25, 0.3) is 0 Å². The van der Waals surface area contributed by atoms with E-state index < -0.39 is 0 Å². The number of methoxy groups -OCH3 is 1. The van der Waals surface area contributed by atoms with Crippen LogP contribution < -0.4 is 4.74 Å². The Morgan fingerprint density at radius 2 is 2.00 bits per heavy atom. The lowest BCUT2D eigenvalue weighted by atomic mass is 9.77. The maximum absolute atomic E-state index is 5.29. The highest BCUT2D eigenvalue weighted by Crippen LogP contribution is 2.54. The molecule has 0 spiro atoms. The first-order valence-corrected chi connectivity index (χ1v) is 7.83. The van der Waals surface area contributed by atoms with Crippen molar-refractivity contribution in [3.63, 3.8) is 0 Å². The summed E-state index contributed by atoms with van der Waals surface area (Å²) in [7, 11) is 1.73. The summed E-state index contributed by atoms with van der Waals surface area (Å²) in [5.74, 6) is 0.952. The molecule has 0 aliphatic heterocycles. The van der Waals surface area contributed by atoms with Gasteiger partial charge in [0.25, 0.3) is 0 Å². The van der Waals surface area contributed by atoms with Gasteiger partial charge >= 0.3 is 0 Å². The third-order valence-corrected chi connectivity index (χ3v) is 6.06. The van der Waals surface area contributed by atoms with Gasteiger partial charge in [-0.1, -0.05) is 41.8 Å². The fraction of sp³-hybridized carbons (Fsp3) is 0.625. The van der Waals surface area contributed by atoms with Crippen LogP contribution in [0.1, 0.15) is 55.0 Å². The molecule has 0 heterocycles. The first kappa shape index (κ1) is 13.9. The number of hydrogen-bond acceptors (Lipinski definition) is 1. The van der Waals surface area contributed by atoms with Crippen molar-refractivity contribution >= 4 is 15.9 Å². The molecule has 1 atom stereocenters. The van der Waals surface area contributed by atoms with Gasteiger partial charge in [0.2, 0.25) is 0 Å². The standard InChI is InChI=1S/C16H23BrO/c1-4-16(9-5-6-10-16)15(17)14-8-7-13(18-3)11-12(14)2/h7-8,11,15H,4-6,9-10H2,1-3H3. The molecule has 1 aliphatic rings. The molecule has 0 aromatic heterocycles. The molecular weight excluding hydrogens is 288 g/mol. The van der Waals surface area contributed by atoms with Gasteiger partial charge in [-0.25, -0.2) is 0 Å². The molecule has 2 rings (SSSR count). The van der Waals surface area contributed by atoms with Crippen molar-refractivity contribution in [2.24, 2.45) is 5.41 Å². The molecule has 2 heteroatoms. The zero-order valence-electron chi connectivity index (χ0n) is 11.6. The first-order valence-electron chi connectivity index (χ1n) is 6.91. The number of rotatable bonds is 4. The van der Waals surface area contributed by atoms with Crippen LogP contribution in [0, 0.1) is 12.3 Å². The minimum absolute atomic E-state index is 0.458. The smallest absolute Gasteiger partial charge is 0.119 e. The average molecular weight is 311 g/mol. The Morgan fingerprint density at radius 3 is 2.50 bits per heavy atom. The molecule has 0 N–H and O–H groups in total. The zero-order valence-corrected chi connectivity index (χ0v) is 13.2. The van der Waals surface area contributed by atoms with Crippen LogP contribution >= 0.6 is 15.9 Å². The van der Waals surface area contributed by atoms with Crippen LogP contribution in [0.3, 0.4) is 0 Å². The molecule has 18 heavy (non-hydrogen) atoms. The molecule has 1 unspecified atom stereocenters. The Labute approximate surface area is 119 Å². The van der Waals surface area contributed by atoms with Crippen molar-refractivity contribution in [1.82, 2.24) is 0 Å². The minimum Gasteiger partial charge on any atom is -0.497 e. The van der Waals surface area contributed by atoms with Gasteiger partial charge in [0, 0.05) is 4.83 Å². The summed E-state index contributed by atoms with van der Waals surface area (Å²) in [5, 5.41) is 0. The van der Waals surface area contributed by atoms with E-state index in [4.69, 9.17) is 4.74 Å². The molecule has 0 bridgehead atoms. The summed E-state index contributed by atoms with van der Waals surface area (Å²) < 4.78 is 5.29. The van der Waals surface area contributed by atoms with Gasteiger partial charge in [0.1, 0.15) is 5.75 Å². The fourth-order valence-corrected chi connectivity index (χ4v) is 4.55. The summed E-state index contributed by atoms with van der Waals surface area (Å²) in [6, 6.07) is 6.44. The third-order valence-electron chi connectivity index (χ3n) is 4.59. The Bertz CT molecular complexity index is 408. The first-order chi connectivity index (χ1) is 8.63. The second kappa shape index (κ2) is 5.64. The van der Waals surface area contributed by atoms with Crippen molar-refractivity contribution in [2.45, 2.75) is 50.8 Å². The summed E-state index contributed by atoms with van der Waals surface area (Å²) >= 11 is 3.99. The number of aryl methyl sites for hydroxylation is 1. The molecule has 0 amide bonds. The highest BCUT2D eigenvalue weighted by Gasteiger charge is 2.39. The molecule has 1 fully saturated rings. The Kier molecular flexibility index (Phi) is 4.37. The van der Waals surface area contributed by atoms with E-state index in [0.717, 1.165) is 5.75 Å². The summed E-state index contributed by atoms with van der Waals surface area (Å²) in [5.41, 5.74) is 3.22. The van der Waals surface area contributed by atoms with Gasteiger partial charge < -0.3 is 4.74 Å².